The van der Waals surface area contributed by atoms with Crippen molar-refractivity contribution in [2.75, 3.05) is 32.9 Å². The van der Waals surface area contributed by atoms with Gasteiger partial charge in [0.2, 0.25) is 5.91 Å². The quantitative estimate of drug-likeness (QED) is 0.745. The minimum atomic E-state index is -0.816. The van der Waals surface area contributed by atoms with Crippen molar-refractivity contribution in [1.82, 2.24) is 24.5 Å². The summed E-state index contributed by atoms with van der Waals surface area (Å²) < 4.78 is 1.48. The standard InChI is InChI=1S/C15H22N6O3/c1-10-8-11(16)21(17-10)9-12(22)20-6-4-15(5-7-20)13(23)18(2)14(24)19(15)3/h8H,4-7,9,16H2,1-3H3. The minimum absolute atomic E-state index is 0.0787. The molecule has 2 saturated heterocycles. The van der Waals surface area contributed by atoms with E-state index in [2.05, 4.69) is 5.10 Å². The van der Waals surface area contributed by atoms with Crippen molar-refractivity contribution >= 4 is 23.7 Å². The fourth-order valence-electron chi connectivity index (χ4n) is 3.55. The number of hydrogen-bond acceptors (Lipinski definition) is 5. The first-order valence-corrected chi connectivity index (χ1v) is 7.90. The summed E-state index contributed by atoms with van der Waals surface area (Å²) in [5.74, 6) is 0.175. The molecule has 1 spiro atoms. The summed E-state index contributed by atoms with van der Waals surface area (Å²) in [4.78, 5) is 41.3. The number of nitrogens with zero attached hydrogens (tertiary/aromatic N) is 5. The summed E-state index contributed by atoms with van der Waals surface area (Å²) in [7, 11) is 3.14. The van der Waals surface area contributed by atoms with Crippen LogP contribution in [0.15, 0.2) is 6.07 Å². The topological polar surface area (TPSA) is 105 Å². The first-order valence-electron chi connectivity index (χ1n) is 7.90. The SMILES string of the molecule is Cc1cc(N)n(CC(=O)N2CCC3(CC2)C(=O)N(C)C(=O)N3C)n1. The Morgan fingerprint density at radius 2 is 1.92 bits per heavy atom. The molecule has 0 aromatic carbocycles. The summed E-state index contributed by atoms with van der Waals surface area (Å²) in [6, 6.07) is 1.42. The van der Waals surface area contributed by atoms with E-state index in [0.29, 0.717) is 31.7 Å². The van der Waals surface area contributed by atoms with E-state index in [1.165, 1.54) is 16.6 Å². The Balaban J connectivity index is 1.67. The zero-order valence-corrected chi connectivity index (χ0v) is 14.2. The molecule has 0 unspecified atom stereocenters. The van der Waals surface area contributed by atoms with Crippen molar-refractivity contribution in [2.45, 2.75) is 31.8 Å². The highest BCUT2D eigenvalue weighted by Crippen LogP contribution is 2.35. The fourth-order valence-corrected chi connectivity index (χ4v) is 3.55. The molecular weight excluding hydrogens is 312 g/mol. The van der Waals surface area contributed by atoms with Crippen LogP contribution in [0.2, 0.25) is 0 Å². The monoisotopic (exact) mass is 334 g/mol. The lowest BCUT2D eigenvalue weighted by Crippen LogP contribution is -2.56. The van der Waals surface area contributed by atoms with Crippen LogP contribution < -0.4 is 5.73 Å². The average Bonchev–Trinajstić information content (AvgIpc) is 2.95. The predicted octanol–water partition coefficient (Wildman–Crippen LogP) is -0.341. The molecular formula is C15H22N6O3. The van der Waals surface area contributed by atoms with Crippen LogP contribution in [-0.4, -0.2) is 75.0 Å². The second-order valence-electron chi connectivity index (χ2n) is 6.49. The molecule has 0 saturated carbocycles. The maximum atomic E-state index is 12.5. The average molecular weight is 334 g/mol. The Bertz CT molecular complexity index is 704. The lowest BCUT2D eigenvalue weighted by Gasteiger charge is -2.40. The third-order valence-electron chi connectivity index (χ3n) is 5.08. The summed E-state index contributed by atoms with van der Waals surface area (Å²) in [5, 5.41) is 4.19. The molecule has 3 rings (SSSR count). The Morgan fingerprint density at radius 3 is 2.38 bits per heavy atom. The van der Waals surface area contributed by atoms with Gasteiger partial charge in [0.25, 0.3) is 5.91 Å². The second kappa shape index (κ2) is 5.50. The predicted molar refractivity (Wildman–Crippen MR) is 85.9 cm³/mol. The molecule has 0 bridgehead atoms. The third-order valence-corrected chi connectivity index (χ3v) is 5.08. The van der Waals surface area contributed by atoms with Crippen molar-refractivity contribution in [3.05, 3.63) is 11.8 Å². The van der Waals surface area contributed by atoms with Gasteiger partial charge in [0.05, 0.1) is 5.69 Å². The number of nitrogens with two attached hydrogens (primary N) is 1. The van der Waals surface area contributed by atoms with Gasteiger partial charge in [-0.25, -0.2) is 9.48 Å². The van der Waals surface area contributed by atoms with Gasteiger partial charge < -0.3 is 15.5 Å². The number of rotatable bonds is 2. The smallest absolute Gasteiger partial charge is 0.327 e. The molecule has 2 aliphatic rings. The Labute approximate surface area is 140 Å². The number of hydrogen-bond donors (Lipinski definition) is 1. The van der Waals surface area contributed by atoms with Gasteiger partial charge in [-0.05, 0) is 19.8 Å². The van der Waals surface area contributed by atoms with Gasteiger partial charge in [0.15, 0.2) is 0 Å². The summed E-state index contributed by atoms with van der Waals surface area (Å²) in [6.07, 6.45) is 0.884. The lowest BCUT2D eigenvalue weighted by atomic mass is 9.86. The molecule has 3 heterocycles. The van der Waals surface area contributed by atoms with Crippen LogP contribution in [0.4, 0.5) is 10.6 Å². The lowest BCUT2D eigenvalue weighted by molar-refractivity contribution is -0.140. The Hall–Kier alpha value is -2.58. The number of anilines is 1. The maximum absolute atomic E-state index is 12.5. The first kappa shape index (κ1) is 16.3. The van der Waals surface area contributed by atoms with Gasteiger partial charge in [0, 0.05) is 33.3 Å². The number of aromatic nitrogens is 2. The number of aryl methyl sites for hydroxylation is 1. The van der Waals surface area contributed by atoms with Crippen LogP contribution in [0.5, 0.6) is 0 Å². The van der Waals surface area contributed by atoms with E-state index in [-0.39, 0.29) is 24.4 Å². The van der Waals surface area contributed by atoms with E-state index in [9.17, 15) is 14.4 Å². The Morgan fingerprint density at radius 1 is 1.29 bits per heavy atom. The molecule has 0 aliphatic carbocycles. The number of likely N-dealkylation sites (N-methyl/N-ethyl adjacent to an activating group) is 2. The molecule has 24 heavy (non-hydrogen) atoms. The van der Waals surface area contributed by atoms with Crippen LogP contribution in [0.1, 0.15) is 18.5 Å². The number of nitrogen functional groups attached to an aromatic ring is 1. The van der Waals surface area contributed by atoms with Crippen molar-refractivity contribution in [2.24, 2.45) is 0 Å². The molecule has 2 aliphatic heterocycles. The van der Waals surface area contributed by atoms with Gasteiger partial charge in [-0.1, -0.05) is 0 Å². The fraction of sp³-hybridized carbons (Fsp3) is 0.600. The van der Waals surface area contributed by atoms with Gasteiger partial charge in [-0.15, -0.1) is 0 Å². The zero-order valence-electron chi connectivity index (χ0n) is 14.2. The van der Waals surface area contributed by atoms with Gasteiger partial charge in [-0.2, -0.15) is 5.10 Å². The zero-order chi connectivity index (χ0) is 17.6. The number of urea groups is 1. The molecule has 0 radical (unpaired) electrons. The van der Waals surface area contributed by atoms with E-state index < -0.39 is 5.54 Å². The number of imide groups is 1. The molecule has 9 nitrogen and oxygen atoms in total. The maximum Gasteiger partial charge on any atom is 0.327 e. The van der Waals surface area contributed by atoms with E-state index >= 15 is 0 Å². The highest BCUT2D eigenvalue weighted by atomic mass is 16.2. The number of amides is 4. The molecule has 2 N–H and O–H groups in total. The van der Waals surface area contributed by atoms with E-state index in [1.54, 1.807) is 18.0 Å². The molecule has 130 valence electrons. The van der Waals surface area contributed by atoms with Crippen LogP contribution in [-0.2, 0) is 16.1 Å². The van der Waals surface area contributed by atoms with Crippen LogP contribution >= 0.6 is 0 Å². The van der Waals surface area contributed by atoms with Crippen molar-refractivity contribution in [3.63, 3.8) is 0 Å². The minimum Gasteiger partial charge on any atom is -0.384 e. The van der Waals surface area contributed by atoms with E-state index in [0.717, 1.165) is 10.6 Å². The van der Waals surface area contributed by atoms with Crippen LogP contribution in [0.3, 0.4) is 0 Å². The van der Waals surface area contributed by atoms with Crippen LogP contribution in [0, 0.1) is 6.92 Å². The van der Waals surface area contributed by atoms with E-state index in [1.807, 2.05) is 6.92 Å². The van der Waals surface area contributed by atoms with Crippen molar-refractivity contribution < 1.29 is 14.4 Å². The largest absolute Gasteiger partial charge is 0.384 e. The molecule has 0 atom stereocenters. The van der Waals surface area contributed by atoms with Gasteiger partial charge in [-0.3, -0.25) is 14.5 Å². The molecule has 1 aromatic rings. The normalized spacial score (nSPS) is 20.4. The summed E-state index contributed by atoms with van der Waals surface area (Å²) in [5.41, 5.74) is 5.76. The van der Waals surface area contributed by atoms with E-state index in [4.69, 9.17) is 5.73 Å². The number of carbonyl (C=O) groups is 3. The van der Waals surface area contributed by atoms with Crippen molar-refractivity contribution in [1.29, 1.82) is 0 Å². The second-order valence-corrected chi connectivity index (χ2v) is 6.49. The molecule has 1 aromatic heterocycles. The number of likely N-dealkylation sites (tertiary alicyclic amines) is 1. The third kappa shape index (κ3) is 2.31. The first-order chi connectivity index (χ1) is 11.3. The summed E-state index contributed by atoms with van der Waals surface area (Å²) >= 11 is 0. The number of piperidine rings is 1. The highest BCUT2D eigenvalue weighted by molar-refractivity contribution is 6.06. The molecule has 2 fully saturated rings. The number of carbonyl (C=O) groups excluding carboxylic acids is 3. The molecule has 9 heteroatoms. The molecule has 4 amide bonds. The van der Waals surface area contributed by atoms with Crippen molar-refractivity contribution in [3.8, 4) is 0 Å². The van der Waals surface area contributed by atoms with Crippen LogP contribution in [0.25, 0.3) is 0 Å². The van der Waals surface area contributed by atoms with Gasteiger partial charge in [0.1, 0.15) is 17.9 Å². The summed E-state index contributed by atoms with van der Waals surface area (Å²) in [6.45, 7) is 2.75. The highest BCUT2D eigenvalue weighted by Gasteiger charge is 2.55. The Kier molecular flexibility index (Phi) is 3.73. The van der Waals surface area contributed by atoms with Gasteiger partial charge >= 0.3 is 6.03 Å².